The maximum Gasteiger partial charge on any atom is 0.258 e. The molecule has 1 N–H and O–H groups in total. The zero-order chi connectivity index (χ0) is 12.7. The van der Waals surface area contributed by atoms with Crippen molar-refractivity contribution in [3.63, 3.8) is 0 Å². The molecule has 2 aromatic rings. The molecule has 0 bridgehead atoms. The van der Waals surface area contributed by atoms with Gasteiger partial charge in [0, 0.05) is 24.2 Å². The predicted molar refractivity (Wildman–Crippen MR) is 73.0 cm³/mol. The van der Waals surface area contributed by atoms with Crippen molar-refractivity contribution in [2.45, 2.75) is 32.1 Å². The summed E-state index contributed by atoms with van der Waals surface area (Å²) < 4.78 is 5.46. The van der Waals surface area contributed by atoms with Crippen LogP contribution in [0, 0.1) is 5.92 Å². The SMILES string of the molecule is c1cc2c(c(-c3nc(CC4CC4)no3)c1)CCCN2. The Balaban J connectivity index is 1.69. The van der Waals surface area contributed by atoms with Gasteiger partial charge in [0.15, 0.2) is 5.82 Å². The fourth-order valence-electron chi connectivity index (χ4n) is 2.74. The quantitative estimate of drug-likeness (QED) is 0.915. The van der Waals surface area contributed by atoms with E-state index in [2.05, 4.69) is 33.7 Å². The van der Waals surface area contributed by atoms with Crippen LogP contribution in [0.25, 0.3) is 11.5 Å². The van der Waals surface area contributed by atoms with Crippen molar-refractivity contribution in [3.05, 3.63) is 29.6 Å². The van der Waals surface area contributed by atoms with Crippen molar-refractivity contribution in [2.75, 3.05) is 11.9 Å². The molecule has 0 atom stereocenters. The fourth-order valence-corrected chi connectivity index (χ4v) is 2.74. The Morgan fingerprint density at radius 2 is 2.26 bits per heavy atom. The van der Waals surface area contributed by atoms with Gasteiger partial charge in [-0.3, -0.25) is 0 Å². The van der Waals surface area contributed by atoms with Gasteiger partial charge >= 0.3 is 0 Å². The molecule has 1 saturated carbocycles. The molecule has 0 unspecified atom stereocenters. The Kier molecular flexibility index (Phi) is 2.53. The highest BCUT2D eigenvalue weighted by Crippen LogP contribution is 2.34. The molecule has 1 aromatic carbocycles. The van der Waals surface area contributed by atoms with Gasteiger partial charge in [0.25, 0.3) is 5.89 Å². The first-order chi connectivity index (χ1) is 9.40. The van der Waals surface area contributed by atoms with Crippen LogP contribution in [-0.2, 0) is 12.8 Å². The number of anilines is 1. The van der Waals surface area contributed by atoms with Gasteiger partial charge in [-0.05, 0) is 49.3 Å². The van der Waals surface area contributed by atoms with Crippen LogP contribution in [0.3, 0.4) is 0 Å². The zero-order valence-electron chi connectivity index (χ0n) is 10.9. The fraction of sp³-hybridized carbons (Fsp3) is 0.467. The van der Waals surface area contributed by atoms with Crippen LogP contribution in [0.1, 0.15) is 30.7 Å². The molecule has 2 aliphatic rings. The molecule has 98 valence electrons. The number of fused-ring (bicyclic) bond motifs is 1. The molecule has 0 radical (unpaired) electrons. The Morgan fingerprint density at radius 3 is 3.16 bits per heavy atom. The number of rotatable bonds is 3. The second kappa shape index (κ2) is 4.37. The monoisotopic (exact) mass is 255 g/mol. The van der Waals surface area contributed by atoms with Gasteiger partial charge in [-0.15, -0.1) is 0 Å². The Labute approximate surface area is 112 Å². The molecule has 1 aliphatic heterocycles. The van der Waals surface area contributed by atoms with E-state index in [0.717, 1.165) is 43.1 Å². The molecular formula is C15H17N3O. The van der Waals surface area contributed by atoms with E-state index < -0.39 is 0 Å². The van der Waals surface area contributed by atoms with E-state index in [1.54, 1.807) is 0 Å². The van der Waals surface area contributed by atoms with Crippen LogP contribution < -0.4 is 5.32 Å². The number of hydrogen-bond acceptors (Lipinski definition) is 4. The first-order valence-electron chi connectivity index (χ1n) is 7.09. The highest BCUT2D eigenvalue weighted by Gasteiger charge is 2.25. The highest BCUT2D eigenvalue weighted by atomic mass is 16.5. The lowest BCUT2D eigenvalue weighted by atomic mass is 9.97. The van der Waals surface area contributed by atoms with E-state index in [1.807, 2.05) is 0 Å². The summed E-state index contributed by atoms with van der Waals surface area (Å²) in [6.45, 7) is 1.05. The van der Waals surface area contributed by atoms with E-state index in [1.165, 1.54) is 24.1 Å². The average Bonchev–Trinajstić information content (AvgIpc) is 3.14. The van der Waals surface area contributed by atoms with Crippen molar-refractivity contribution < 1.29 is 4.52 Å². The van der Waals surface area contributed by atoms with Crippen LogP contribution in [-0.4, -0.2) is 16.7 Å². The highest BCUT2D eigenvalue weighted by molar-refractivity contribution is 5.69. The number of hydrogen-bond donors (Lipinski definition) is 1. The maximum absolute atomic E-state index is 5.46. The van der Waals surface area contributed by atoms with Gasteiger partial charge in [0.2, 0.25) is 0 Å². The second-order valence-corrected chi connectivity index (χ2v) is 5.53. The molecule has 0 saturated heterocycles. The Morgan fingerprint density at radius 1 is 1.32 bits per heavy atom. The summed E-state index contributed by atoms with van der Waals surface area (Å²) in [5.74, 6) is 2.33. The van der Waals surface area contributed by atoms with Crippen LogP contribution >= 0.6 is 0 Å². The van der Waals surface area contributed by atoms with Crippen LogP contribution in [0.2, 0.25) is 0 Å². The summed E-state index contributed by atoms with van der Waals surface area (Å²) in [5.41, 5.74) is 3.63. The Bertz CT molecular complexity index is 601. The molecular weight excluding hydrogens is 238 g/mol. The minimum absolute atomic E-state index is 0.677. The standard InChI is InChI=1S/C15H17N3O/c1-3-12(11-4-2-8-16-13(11)5-1)15-17-14(18-19-15)9-10-6-7-10/h1,3,5,10,16H,2,4,6-9H2. The molecule has 1 aromatic heterocycles. The van der Waals surface area contributed by atoms with E-state index in [4.69, 9.17) is 4.52 Å². The zero-order valence-corrected chi connectivity index (χ0v) is 10.9. The first-order valence-corrected chi connectivity index (χ1v) is 7.09. The van der Waals surface area contributed by atoms with E-state index in [9.17, 15) is 0 Å². The third kappa shape index (κ3) is 2.11. The van der Waals surface area contributed by atoms with E-state index >= 15 is 0 Å². The smallest absolute Gasteiger partial charge is 0.258 e. The van der Waals surface area contributed by atoms with Crippen LogP contribution in [0.5, 0.6) is 0 Å². The van der Waals surface area contributed by atoms with Gasteiger partial charge in [0.1, 0.15) is 0 Å². The van der Waals surface area contributed by atoms with Crippen molar-refractivity contribution >= 4 is 5.69 Å². The Hall–Kier alpha value is -1.84. The minimum atomic E-state index is 0.677. The third-order valence-electron chi connectivity index (χ3n) is 3.96. The summed E-state index contributed by atoms with van der Waals surface area (Å²) in [4.78, 5) is 4.56. The summed E-state index contributed by atoms with van der Waals surface area (Å²) in [6.07, 6.45) is 5.84. The second-order valence-electron chi connectivity index (χ2n) is 5.53. The van der Waals surface area contributed by atoms with Crippen molar-refractivity contribution in [1.29, 1.82) is 0 Å². The number of nitrogens with one attached hydrogen (secondary N) is 1. The van der Waals surface area contributed by atoms with Gasteiger partial charge < -0.3 is 9.84 Å². The molecule has 1 fully saturated rings. The molecule has 4 heteroatoms. The largest absolute Gasteiger partial charge is 0.385 e. The predicted octanol–water partition coefficient (Wildman–Crippen LogP) is 3.05. The lowest BCUT2D eigenvalue weighted by molar-refractivity contribution is 0.420. The summed E-state index contributed by atoms with van der Waals surface area (Å²) in [7, 11) is 0. The van der Waals surface area contributed by atoms with Crippen LogP contribution in [0.15, 0.2) is 22.7 Å². The molecule has 2 heterocycles. The summed E-state index contributed by atoms with van der Waals surface area (Å²) in [5, 5.41) is 7.55. The van der Waals surface area contributed by atoms with Gasteiger partial charge in [-0.2, -0.15) is 4.98 Å². The molecule has 0 amide bonds. The molecule has 1 aliphatic carbocycles. The molecule has 19 heavy (non-hydrogen) atoms. The lowest BCUT2D eigenvalue weighted by Gasteiger charge is -2.19. The average molecular weight is 255 g/mol. The first kappa shape index (κ1) is 11.0. The van der Waals surface area contributed by atoms with Crippen molar-refractivity contribution in [2.24, 2.45) is 5.92 Å². The summed E-state index contributed by atoms with van der Waals surface area (Å²) in [6, 6.07) is 6.26. The minimum Gasteiger partial charge on any atom is -0.385 e. The van der Waals surface area contributed by atoms with E-state index in [0.29, 0.717) is 5.89 Å². The van der Waals surface area contributed by atoms with Crippen molar-refractivity contribution in [1.82, 2.24) is 10.1 Å². The van der Waals surface area contributed by atoms with Gasteiger partial charge in [0.05, 0.1) is 0 Å². The van der Waals surface area contributed by atoms with Gasteiger partial charge in [-0.25, -0.2) is 0 Å². The maximum atomic E-state index is 5.46. The van der Waals surface area contributed by atoms with Crippen molar-refractivity contribution in [3.8, 4) is 11.5 Å². The summed E-state index contributed by atoms with van der Waals surface area (Å²) >= 11 is 0. The van der Waals surface area contributed by atoms with E-state index in [-0.39, 0.29) is 0 Å². The molecule has 0 spiro atoms. The molecule has 4 nitrogen and oxygen atoms in total. The van der Waals surface area contributed by atoms with Gasteiger partial charge in [-0.1, -0.05) is 11.2 Å². The molecule has 4 rings (SSSR count). The number of nitrogens with zero attached hydrogens (tertiary/aromatic N) is 2. The number of aromatic nitrogens is 2. The lowest BCUT2D eigenvalue weighted by Crippen LogP contribution is -2.12. The van der Waals surface area contributed by atoms with Crippen LogP contribution in [0.4, 0.5) is 5.69 Å². The third-order valence-corrected chi connectivity index (χ3v) is 3.96. The normalized spacial score (nSPS) is 17.9. The number of benzene rings is 1. The topological polar surface area (TPSA) is 51.0 Å².